The maximum Gasteiger partial charge on any atom is 0.416 e. The molecule has 0 unspecified atom stereocenters. The Morgan fingerprint density at radius 3 is 2.31 bits per heavy atom. The van der Waals surface area contributed by atoms with Gasteiger partial charge in [0.2, 0.25) is 0 Å². The molecule has 0 aliphatic rings. The molecule has 0 saturated heterocycles. The zero-order valence-electron chi connectivity index (χ0n) is 7.94. The summed E-state index contributed by atoms with van der Waals surface area (Å²) in [7, 11) is 0. The lowest BCUT2D eigenvalue weighted by Gasteiger charge is -2.12. The van der Waals surface area contributed by atoms with Gasteiger partial charge in [-0.05, 0) is 12.1 Å². The molecule has 0 amide bonds. The number of hydrogen-bond acceptors (Lipinski definition) is 3. The smallest absolute Gasteiger partial charge is 0.397 e. The van der Waals surface area contributed by atoms with Gasteiger partial charge in [-0.15, -0.1) is 11.6 Å². The molecule has 88 valence electrons. The molecule has 0 spiro atoms. The largest absolute Gasteiger partial charge is 0.416 e. The normalized spacial score (nSPS) is 11.5. The van der Waals surface area contributed by atoms with E-state index in [1.807, 2.05) is 0 Å². The van der Waals surface area contributed by atoms with Crippen molar-refractivity contribution < 1.29 is 18.0 Å². The minimum Gasteiger partial charge on any atom is -0.397 e. The number of benzene rings is 1. The van der Waals surface area contributed by atoms with Crippen molar-refractivity contribution in [2.24, 2.45) is 0 Å². The highest BCUT2D eigenvalue weighted by atomic mass is 35.5. The summed E-state index contributed by atoms with van der Waals surface area (Å²) in [6, 6.07) is 1.33. The van der Waals surface area contributed by atoms with E-state index in [2.05, 4.69) is 0 Å². The van der Waals surface area contributed by atoms with Crippen LogP contribution in [0.5, 0.6) is 0 Å². The Morgan fingerprint density at radius 1 is 1.31 bits per heavy atom. The number of nitrogens with two attached hydrogens (primary N) is 2. The molecular weight excluding hydrogens is 245 g/mol. The highest BCUT2D eigenvalue weighted by Crippen LogP contribution is 2.34. The first-order valence-corrected chi connectivity index (χ1v) is 4.66. The van der Waals surface area contributed by atoms with Crippen LogP contribution in [0.4, 0.5) is 24.5 Å². The first-order valence-electron chi connectivity index (χ1n) is 4.12. The van der Waals surface area contributed by atoms with Gasteiger partial charge in [0.1, 0.15) is 0 Å². The first kappa shape index (κ1) is 12.6. The molecule has 0 fully saturated rings. The molecule has 0 atom stereocenters. The molecule has 0 heterocycles. The van der Waals surface area contributed by atoms with Gasteiger partial charge in [-0.2, -0.15) is 13.2 Å². The summed E-state index contributed by atoms with van der Waals surface area (Å²) in [6.45, 7) is 0. The molecule has 3 nitrogen and oxygen atoms in total. The van der Waals surface area contributed by atoms with E-state index in [0.717, 1.165) is 0 Å². The standard InChI is InChI=1S/C9H8ClF3N2O/c10-3-7(16)5-1-4(9(11,12)13)2-6(14)8(5)15/h1-2H,3,14-15H2. The summed E-state index contributed by atoms with van der Waals surface area (Å²) in [5, 5.41) is 0. The van der Waals surface area contributed by atoms with Gasteiger partial charge in [0.25, 0.3) is 0 Å². The summed E-state index contributed by atoms with van der Waals surface area (Å²) in [5.74, 6) is -1.15. The Hall–Kier alpha value is -1.43. The number of carbonyl (C=O) groups excluding carboxylic acids is 1. The van der Waals surface area contributed by atoms with Crippen molar-refractivity contribution >= 4 is 28.8 Å². The number of carbonyl (C=O) groups is 1. The molecule has 4 N–H and O–H groups in total. The van der Waals surface area contributed by atoms with Gasteiger partial charge in [-0.3, -0.25) is 4.79 Å². The van der Waals surface area contributed by atoms with Crippen LogP contribution in [-0.2, 0) is 6.18 Å². The van der Waals surface area contributed by atoms with Crippen LogP contribution in [0.1, 0.15) is 15.9 Å². The van der Waals surface area contributed by atoms with Crippen molar-refractivity contribution in [1.82, 2.24) is 0 Å². The SMILES string of the molecule is Nc1cc(C(F)(F)F)cc(C(=O)CCl)c1N. The second-order valence-corrected chi connectivity index (χ2v) is 3.35. The van der Waals surface area contributed by atoms with Gasteiger partial charge in [0.15, 0.2) is 5.78 Å². The minimum absolute atomic E-state index is 0.182. The molecular formula is C9H8ClF3N2O. The Kier molecular flexibility index (Phi) is 3.32. The van der Waals surface area contributed by atoms with E-state index in [9.17, 15) is 18.0 Å². The van der Waals surface area contributed by atoms with Crippen molar-refractivity contribution in [2.45, 2.75) is 6.18 Å². The second-order valence-electron chi connectivity index (χ2n) is 3.08. The lowest BCUT2D eigenvalue weighted by atomic mass is 10.0. The molecule has 0 bridgehead atoms. The lowest BCUT2D eigenvalue weighted by Crippen LogP contribution is -2.12. The summed E-state index contributed by atoms with van der Waals surface area (Å²) in [6.07, 6.45) is -4.58. The third-order valence-corrected chi connectivity index (χ3v) is 2.20. The number of nitrogen functional groups attached to an aromatic ring is 2. The molecule has 0 radical (unpaired) electrons. The second kappa shape index (κ2) is 4.21. The average molecular weight is 253 g/mol. The maximum absolute atomic E-state index is 12.4. The number of anilines is 2. The summed E-state index contributed by atoms with van der Waals surface area (Å²) < 4.78 is 37.2. The topological polar surface area (TPSA) is 69.1 Å². The Morgan fingerprint density at radius 2 is 1.88 bits per heavy atom. The Balaban J connectivity index is 3.39. The lowest BCUT2D eigenvalue weighted by molar-refractivity contribution is -0.137. The number of Topliss-reactive ketones (excluding diaryl/α,β-unsaturated/α-hetero) is 1. The predicted molar refractivity (Wildman–Crippen MR) is 55.3 cm³/mol. The molecule has 1 rings (SSSR count). The fraction of sp³-hybridized carbons (Fsp3) is 0.222. The molecule has 1 aromatic rings. The van der Waals surface area contributed by atoms with Crippen LogP contribution in [-0.4, -0.2) is 11.7 Å². The van der Waals surface area contributed by atoms with Crippen LogP contribution >= 0.6 is 11.6 Å². The van der Waals surface area contributed by atoms with Crippen LogP contribution in [0.25, 0.3) is 0 Å². The van der Waals surface area contributed by atoms with Gasteiger partial charge < -0.3 is 11.5 Å². The molecule has 1 aromatic carbocycles. The van der Waals surface area contributed by atoms with Gasteiger partial charge in [0, 0.05) is 5.56 Å². The minimum atomic E-state index is -4.58. The highest BCUT2D eigenvalue weighted by Gasteiger charge is 2.32. The molecule has 16 heavy (non-hydrogen) atoms. The van der Waals surface area contributed by atoms with E-state index >= 15 is 0 Å². The molecule has 0 saturated carbocycles. The number of halogens is 4. The molecule has 0 aromatic heterocycles. The van der Waals surface area contributed by atoms with E-state index < -0.39 is 23.4 Å². The quantitative estimate of drug-likeness (QED) is 0.482. The predicted octanol–water partition coefficient (Wildman–Crippen LogP) is 2.29. The van der Waals surface area contributed by atoms with Gasteiger partial charge in [-0.25, -0.2) is 0 Å². The van der Waals surface area contributed by atoms with Gasteiger partial charge >= 0.3 is 6.18 Å². The first-order chi connectivity index (χ1) is 7.27. The van der Waals surface area contributed by atoms with E-state index in [0.29, 0.717) is 12.1 Å². The van der Waals surface area contributed by atoms with E-state index in [4.69, 9.17) is 23.1 Å². The molecule has 0 aliphatic carbocycles. The van der Waals surface area contributed by atoms with Crippen LogP contribution in [0, 0.1) is 0 Å². The Labute approximate surface area is 94.2 Å². The number of hydrogen-bond donors (Lipinski definition) is 2. The van der Waals surface area contributed by atoms with Crippen molar-refractivity contribution in [3.05, 3.63) is 23.3 Å². The summed E-state index contributed by atoms with van der Waals surface area (Å²) in [4.78, 5) is 11.2. The van der Waals surface area contributed by atoms with E-state index in [1.165, 1.54) is 0 Å². The zero-order chi connectivity index (χ0) is 12.5. The van der Waals surface area contributed by atoms with E-state index in [-0.39, 0.29) is 16.9 Å². The third-order valence-electron chi connectivity index (χ3n) is 1.96. The number of ketones is 1. The number of alkyl halides is 4. The fourth-order valence-electron chi connectivity index (χ4n) is 1.14. The van der Waals surface area contributed by atoms with Crippen molar-refractivity contribution in [1.29, 1.82) is 0 Å². The summed E-state index contributed by atoms with van der Waals surface area (Å²) in [5.41, 5.74) is 8.90. The van der Waals surface area contributed by atoms with Crippen LogP contribution < -0.4 is 11.5 Å². The maximum atomic E-state index is 12.4. The summed E-state index contributed by atoms with van der Waals surface area (Å²) >= 11 is 5.25. The third kappa shape index (κ3) is 2.38. The van der Waals surface area contributed by atoms with Crippen molar-refractivity contribution in [3.8, 4) is 0 Å². The molecule has 7 heteroatoms. The zero-order valence-corrected chi connectivity index (χ0v) is 8.69. The van der Waals surface area contributed by atoms with Crippen LogP contribution in [0.15, 0.2) is 12.1 Å². The highest BCUT2D eigenvalue weighted by molar-refractivity contribution is 6.31. The average Bonchev–Trinajstić information content (AvgIpc) is 2.19. The monoisotopic (exact) mass is 252 g/mol. The van der Waals surface area contributed by atoms with Crippen molar-refractivity contribution in [2.75, 3.05) is 17.3 Å². The molecule has 0 aliphatic heterocycles. The Bertz CT molecular complexity index is 431. The van der Waals surface area contributed by atoms with Crippen LogP contribution in [0.3, 0.4) is 0 Å². The van der Waals surface area contributed by atoms with Crippen LogP contribution in [0.2, 0.25) is 0 Å². The fourth-order valence-corrected chi connectivity index (χ4v) is 1.29. The van der Waals surface area contributed by atoms with Gasteiger partial charge in [-0.1, -0.05) is 0 Å². The van der Waals surface area contributed by atoms with E-state index in [1.54, 1.807) is 0 Å². The van der Waals surface area contributed by atoms with Gasteiger partial charge in [0.05, 0.1) is 22.8 Å². The number of rotatable bonds is 2. The van der Waals surface area contributed by atoms with Crippen molar-refractivity contribution in [3.63, 3.8) is 0 Å².